The number of ether oxygens (including phenoxy) is 1. The molecule has 1 atom stereocenters. The molecule has 2 heterocycles. The molecule has 1 unspecified atom stereocenters. The number of benzene rings is 3. The minimum atomic E-state index is -1.22. The van der Waals surface area contributed by atoms with E-state index in [0.29, 0.717) is 27.3 Å². The summed E-state index contributed by atoms with van der Waals surface area (Å²) in [6.45, 7) is 0. The first-order chi connectivity index (χ1) is 17.5. The molecule has 0 amide bonds. The molecule has 0 spiro atoms. The Morgan fingerprint density at radius 1 is 0.944 bits per heavy atom. The second-order valence-electron chi connectivity index (χ2n) is 8.25. The number of carboxylic acid groups (broad SMARTS) is 1. The summed E-state index contributed by atoms with van der Waals surface area (Å²) in [5, 5.41) is 12.8. The summed E-state index contributed by atoms with van der Waals surface area (Å²) in [7, 11) is 0. The number of carbonyl (C=O) groups is 1. The Bertz CT molecular complexity index is 1550. The van der Waals surface area contributed by atoms with E-state index in [1.54, 1.807) is 24.3 Å². The Balaban J connectivity index is 1.39. The molecule has 5 aromatic rings. The quantitative estimate of drug-likeness (QED) is 0.234. The number of fused-ring (bicyclic) bond motifs is 1. The van der Waals surface area contributed by atoms with E-state index in [9.17, 15) is 14.7 Å². The molecule has 0 bridgehead atoms. The summed E-state index contributed by atoms with van der Waals surface area (Å²) in [6.07, 6.45) is -0.569. The summed E-state index contributed by atoms with van der Waals surface area (Å²) in [4.78, 5) is 26.1. The van der Waals surface area contributed by atoms with Gasteiger partial charge in [0.1, 0.15) is 5.58 Å². The number of aliphatic carboxylic acids is 1. The first-order valence-electron chi connectivity index (χ1n) is 11.3. The zero-order chi connectivity index (χ0) is 25.1. The Hall–Kier alpha value is -3.87. The Morgan fingerprint density at radius 2 is 1.64 bits per heavy atom. The van der Waals surface area contributed by atoms with E-state index in [1.165, 1.54) is 11.3 Å². The van der Waals surface area contributed by atoms with E-state index >= 15 is 0 Å². The SMILES string of the molecule is O=C(O)C(CCc1ccc(-c2ccc(Cl)cc2)cc1)Oc1c(-c2cccs2)oc2ccccc2c1=O. The summed E-state index contributed by atoms with van der Waals surface area (Å²) >= 11 is 7.36. The van der Waals surface area contributed by atoms with Crippen LogP contribution in [0.4, 0.5) is 0 Å². The smallest absolute Gasteiger partial charge is 0.344 e. The van der Waals surface area contributed by atoms with E-state index in [4.69, 9.17) is 20.8 Å². The summed E-state index contributed by atoms with van der Waals surface area (Å²) in [5.74, 6) is -0.980. The molecule has 0 fully saturated rings. The van der Waals surface area contributed by atoms with Crippen molar-refractivity contribution < 1.29 is 19.1 Å². The second kappa shape index (κ2) is 10.4. The van der Waals surface area contributed by atoms with Crippen LogP contribution in [0.15, 0.2) is 99.5 Å². The van der Waals surface area contributed by atoms with Gasteiger partial charge in [0.2, 0.25) is 11.2 Å². The lowest BCUT2D eigenvalue weighted by Crippen LogP contribution is -2.30. The number of rotatable bonds is 8. The zero-order valence-electron chi connectivity index (χ0n) is 19.0. The van der Waals surface area contributed by atoms with Gasteiger partial charge in [-0.05, 0) is 65.2 Å². The van der Waals surface area contributed by atoms with Gasteiger partial charge in [-0.25, -0.2) is 4.79 Å². The fraction of sp³-hybridized carbons (Fsp3) is 0.103. The standard InChI is InChI=1S/C29H21ClO5S/c30-21-14-12-20(13-15-21)19-10-7-18(8-11-19)9-16-24(29(32)33)35-28-26(31)22-4-1-2-5-23(22)34-27(28)25-6-3-17-36-25/h1-8,10-15,17,24H,9,16H2,(H,32,33). The third kappa shape index (κ3) is 5.05. The number of hydrogen-bond acceptors (Lipinski definition) is 5. The van der Waals surface area contributed by atoms with Crippen LogP contribution in [0.5, 0.6) is 5.75 Å². The monoisotopic (exact) mass is 516 g/mol. The van der Waals surface area contributed by atoms with Crippen LogP contribution in [0.25, 0.3) is 32.7 Å². The molecule has 5 rings (SSSR count). The summed E-state index contributed by atoms with van der Waals surface area (Å²) in [6, 6.07) is 26.0. The van der Waals surface area contributed by atoms with Crippen molar-refractivity contribution in [2.24, 2.45) is 0 Å². The predicted octanol–water partition coefficient (Wildman–Crippen LogP) is 7.31. The van der Waals surface area contributed by atoms with Gasteiger partial charge >= 0.3 is 5.97 Å². The first-order valence-corrected chi connectivity index (χ1v) is 12.6. The van der Waals surface area contributed by atoms with Gasteiger partial charge in [0, 0.05) is 5.02 Å². The van der Waals surface area contributed by atoms with Crippen molar-refractivity contribution in [3.63, 3.8) is 0 Å². The van der Waals surface area contributed by atoms with Gasteiger partial charge in [0.05, 0.1) is 10.3 Å². The average molecular weight is 517 g/mol. The lowest BCUT2D eigenvalue weighted by Gasteiger charge is -2.17. The van der Waals surface area contributed by atoms with Crippen LogP contribution in [0.3, 0.4) is 0 Å². The molecule has 180 valence electrons. The Morgan fingerprint density at radius 3 is 2.31 bits per heavy atom. The largest absolute Gasteiger partial charge is 0.479 e. The second-order valence-corrected chi connectivity index (χ2v) is 9.63. The molecule has 0 saturated carbocycles. The number of halogens is 1. The lowest BCUT2D eigenvalue weighted by atomic mass is 10.0. The van der Waals surface area contributed by atoms with Gasteiger partial charge in [0.25, 0.3) is 0 Å². The van der Waals surface area contributed by atoms with E-state index in [1.807, 2.05) is 66.0 Å². The molecule has 0 aliphatic rings. The van der Waals surface area contributed by atoms with Gasteiger partial charge in [-0.15, -0.1) is 11.3 Å². The van der Waals surface area contributed by atoms with Crippen LogP contribution in [0.2, 0.25) is 5.02 Å². The number of hydrogen-bond donors (Lipinski definition) is 1. The van der Waals surface area contributed by atoms with Crippen molar-refractivity contribution in [2.75, 3.05) is 0 Å². The predicted molar refractivity (Wildman–Crippen MR) is 143 cm³/mol. The van der Waals surface area contributed by atoms with Crippen LogP contribution < -0.4 is 10.2 Å². The molecule has 0 aliphatic heterocycles. The van der Waals surface area contributed by atoms with Gasteiger partial charge in [-0.1, -0.05) is 66.2 Å². The molecule has 7 heteroatoms. The molecule has 1 N–H and O–H groups in total. The van der Waals surface area contributed by atoms with Crippen LogP contribution in [-0.4, -0.2) is 17.2 Å². The van der Waals surface area contributed by atoms with Gasteiger partial charge in [-0.3, -0.25) is 4.79 Å². The normalized spacial score (nSPS) is 11.9. The third-order valence-corrected chi connectivity index (χ3v) is 6.98. The van der Waals surface area contributed by atoms with Gasteiger partial charge < -0.3 is 14.3 Å². The molecule has 0 saturated heterocycles. The maximum Gasteiger partial charge on any atom is 0.344 e. The Kier molecular flexibility index (Phi) is 6.89. The Labute approximate surface area is 216 Å². The van der Waals surface area contributed by atoms with Crippen molar-refractivity contribution >= 4 is 39.9 Å². The van der Waals surface area contributed by atoms with E-state index < -0.39 is 12.1 Å². The highest BCUT2D eigenvalue weighted by molar-refractivity contribution is 7.13. The number of para-hydroxylation sites is 1. The topological polar surface area (TPSA) is 76.7 Å². The minimum absolute atomic E-state index is 0.0818. The van der Waals surface area contributed by atoms with Crippen molar-refractivity contribution in [3.8, 4) is 27.5 Å². The first kappa shape index (κ1) is 23.9. The number of thiophene rings is 1. The molecule has 5 nitrogen and oxygen atoms in total. The minimum Gasteiger partial charge on any atom is -0.479 e. The fourth-order valence-electron chi connectivity index (χ4n) is 3.98. The zero-order valence-corrected chi connectivity index (χ0v) is 20.6. The van der Waals surface area contributed by atoms with Crippen molar-refractivity contribution in [2.45, 2.75) is 18.9 Å². The maximum absolute atomic E-state index is 13.3. The molecular formula is C29H21ClO5S. The average Bonchev–Trinajstić information content (AvgIpc) is 3.43. The molecule has 36 heavy (non-hydrogen) atoms. The van der Waals surface area contributed by atoms with Crippen molar-refractivity contribution in [1.82, 2.24) is 0 Å². The number of aryl methyl sites for hydroxylation is 1. The highest BCUT2D eigenvalue weighted by Gasteiger charge is 2.26. The van der Waals surface area contributed by atoms with Gasteiger partial charge in [0.15, 0.2) is 11.9 Å². The van der Waals surface area contributed by atoms with E-state index in [0.717, 1.165) is 16.7 Å². The molecule has 2 aromatic heterocycles. The van der Waals surface area contributed by atoms with E-state index in [2.05, 4.69) is 0 Å². The number of carboxylic acids is 1. The van der Waals surface area contributed by atoms with Crippen LogP contribution in [-0.2, 0) is 11.2 Å². The maximum atomic E-state index is 13.3. The van der Waals surface area contributed by atoms with Crippen molar-refractivity contribution in [3.05, 3.63) is 111 Å². The molecular weight excluding hydrogens is 496 g/mol. The molecule has 3 aromatic carbocycles. The highest BCUT2D eigenvalue weighted by Crippen LogP contribution is 2.34. The summed E-state index contributed by atoms with van der Waals surface area (Å²) < 4.78 is 11.9. The summed E-state index contributed by atoms with van der Waals surface area (Å²) in [5.41, 5.74) is 3.08. The third-order valence-electron chi connectivity index (χ3n) is 5.86. The van der Waals surface area contributed by atoms with Crippen molar-refractivity contribution in [1.29, 1.82) is 0 Å². The molecule has 0 aliphatic carbocycles. The highest BCUT2D eigenvalue weighted by atomic mass is 35.5. The van der Waals surface area contributed by atoms with Crippen LogP contribution in [0, 0.1) is 0 Å². The van der Waals surface area contributed by atoms with E-state index in [-0.39, 0.29) is 23.4 Å². The fourth-order valence-corrected chi connectivity index (χ4v) is 4.81. The van der Waals surface area contributed by atoms with Gasteiger partial charge in [-0.2, -0.15) is 0 Å². The van der Waals surface area contributed by atoms with Crippen LogP contribution in [0.1, 0.15) is 12.0 Å². The lowest BCUT2D eigenvalue weighted by molar-refractivity contribution is -0.145. The molecule has 0 radical (unpaired) electrons. The van der Waals surface area contributed by atoms with Crippen LogP contribution >= 0.6 is 22.9 Å².